The first-order chi connectivity index (χ1) is 11.7. The highest BCUT2D eigenvalue weighted by Gasteiger charge is 2.49. The number of piperidine rings is 1. The van der Waals surface area contributed by atoms with Crippen molar-refractivity contribution < 1.29 is 9.90 Å². The van der Waals surface area contributed by atoms with Gasteiger partial charge in [-0.25, -0.2) is 0 Å². The number of carbonyl (C=O) groups is 1. The first kappa shape index (κ1) is 16.6. The van der Waals surface area contributed by atoms with Gasteiger partial charge in [0.2, 0.25) is 5.91 Å². The second-order valence-corrected chi connectivity index (χ2v) is 8.93. The third kappa shape index (κ3) is 3.02. The molecule has 4 rings (SSSR count). The van der Waals surface area contributed by atoms with Gasteiger partial charge in [0.05, 0.1) is 6.42 Å². The first-order valence-electron chi connectivity index (χ1n) is 9.35. The number of aliphatic hydroxyl groups is 1. The number of amides is 1. The highest BCUT2D eigenvalue weighted by atomic mass is 32.1. The van der Waals surface area contributed by atoms with Crippen LogP contribution >= 0.6 is 11.3 Å². The van der Waals surface area contributed by atoms with Crippen molar-refractivity contribution in [3.8, 4) is 0 Å². The fourth-order valence-corrected chi connectivity index (χ4v) is 5.49. The maximum atomic E-state index is 12.5. The van der Waals surface area contributed by atoms with Gasteiger partial charge in [0.15, 0.2) is 0 Å². The maximum Gasteiger partial charge on any atom is 0.227 e. The molecular formula is C19H28N2O2S. The Bertz CT molecular complexity index is 562. The average molecular weight is 349 g/mol. The van der Waals surface area contributed by atoms with E-state index in [4.69, 9.17) is 0 Å². The molecule has 2 aliphatic heterocycles. The van der Waals surface area contributed by atoms with Crippen LogP contribution < -0.4 is 0 Å². The van der Waals surface area contributed by atoms with E-state index in [1.165, 1.54) is 19.3 Å². The third-order valence-corrected chi connectivity index (χ3v) is 7.54. The molecular weight excluding hydrogens is 320 g/mol. The van der Waals surface area contributed by atoms with Crippen LogP contribution in [0, 0.1) is 11.3 Å². The van der Waals surface area contributed by atoms with Gasteiger partial charge in [-0.15, -0.1) is 11.3 Å². The summed E-state index contributed by atoms with van der Waals surface area (Å²) in [5.74, 6) is 0.661. The van der Waals surface area contributed by atoms with Crippen molar-refractivity contribution >= 4 is 17.2 Å². The molecule has 1 unspecified atom stereocenters. The van der Waals surface area contributed by atoms with E-state index in [2.05, 4.69) is 4.90 Å². The Morgan fingerprint density at radius 2 is 2.12 bits per heavy atom. The topological polar surface area (TPSA) is 43.8 Å². The number of thiophene rings is 1. The van der Waals surface area contributed by atoms with E-state index in [0.717, 1.165) is 49.9 Å². The number of hydrogen-bond acceptors (Lipinski definition) is 4. The minimum absolute atomic E-state index is 0.240. The van der Waals surface area contributed by atoms with Gasteiger partial charge >= 0.3 is 0 Å². The highest BCUT2D eigenvalue weighted by molar-refractivity contribution is 7.10. The van der Waals surface area contributed by atoms with Crippen molar-refractivity contribution in [1.29, 1.82) is 0 Å². The molecule has 2 saturated heterocycles. The van der Waals surface area contributed by atoms with Crippen molar-refractivity contribution in [2.75, 3.05) is 32.8 Å². The number of carbonyl (C=O) groups excluding carboxylic acids is 1. The molecule has 1 aromatic rings. The summed E-state index contributed by atoms with van der Waals surface area (Å²) in [6.07, 6.45) is 6.68. The van der Waals surface area contributed by atoms with Gasteiger partial charge in [-0.2, -0.15) is 0 Å². The number of hydrogen-bond donors (Lipinski definition) is 1. The van der Waals surface area contributed by atoms with Gasteiger partial charge in [-0.3, -0.25) is 9.69 Å². The molecule has 3 fully saturated rings. The van der Waals surface area contributed by atoms with Crippen LogP contribution in [0.25, 0.3) is 0 Å². The predicted molar refractivity (Wildman–Crippen MR) is 96.1 cm³/mol. The van der Waals surface area contributed by atoms with Crippen LogP contribution in [-0.2, 0) is 11.2 Å². The molecule has 1 saturated carbocycles. The lowest BCUT2D eigenvalue weighted by atomic mass is 9.71. The van der Waals surface area contributed by atoms with Crippen LogP contribution in [0.1, 0.15) is 37.0 Å². The van der Waals surface area contributed by atoms with Crippen molar-refractivity contribution in [2.45, 2.75) is 44.6 Å². The van der Waals surface area contributed by atoms with E-state index in [-0.39, 0.29) is 11.3 Å². The van der Waals surface area contributed by atoms with Gasteiger partial charge < -0.3 is 10.0 Å². The molecule has 1 amide bonds. The molecule has 1 aromatic heterocycles. The average Bonchev–Trinajstić information content (AvgIpc) is 3.15. The standard InChI is InChI=1S/C19H28N2O2S/c22-13-15-12-21(16-3-1-4-16)14-19(15)6-8-20(9-7-19)18(23)11-17-5-2-10-24-17/h2,5,10,15-16,22H,1,3-4,6-9,11-14H2. The summed E-state index contributed by atoms with van der Waals surface area (Å²) in [5.41, 5.74) is 0.240. The monoisotopic (exact) mass is 348 g/mol. The Morgan fingerprint density at radius 3 is 2.71 bits per heavy atom. The fraction of sp³-hybridized carbons (Fsp3) is 0.737. The largest absolute Gasteiger partial charge is 0.396 e. The zero-order valence-corrected chi connectivity index (χ0v) is 15.1. The number of nitrogens with zero attached hydrogens (tertiary/aromatic N) is 2. The molecule has 0 bridgehead atoms. The summed E-state index contributed by atoms with van der Waals surface area (Å²) in [6, 6.07) is 4.82. The van der Waals surface area contributed by atoms with Gasteiger partial charge in [-0.05, 0) is 42.5 Å². The van der Waals surface area contributed by atoms with E-state index in [0.29, 0.717) is 18.9 Å². The molecule has 1 N–H and O–H groups in total. The second-order valence-electron chi connectivity index (χ2n) is 7.89. The van der Waals surface area contributed by atoms with Crippen molar-refractivity contribution in [1.82, 2.24) is 9.80 Å². The minimum Gasteiger partial charge on any atom is -0.396 e. The molecule has 5 heteroatoms. The lowest BCUT2D eigenvalue weighted by Crippen LogP contribution is -2.48. The second kappa shape index (κ2) is 6.77. The molecule has 3 heterocycles. The van der Waals surface area contributed by atoms with Crippen molar-refractivity contribution in [3.05, 3.63) is 22.4 Å². The van der Waals surface area contributed by atoms with Crippen molar-refractivity contribution in [3.63, 3.8) is 0 Å². The van der Waals surface area contributed by atoms with E-state index in [1.54, 1.807) is 11.3 Å². The Balaban J connectivity index is 1.36. The van der Waals surface area contributed by atoms with Gasteiger partial charge in [0.25, 0.3) is 0 Å². The fourth-order valence-electron chi connectivity index (χ4n) is 4.80. The lowest BCUT2D eigenvalue weighted by Gasteiger charge is -2.43. The molecule has 1 atom stereocenters. The van der Waals surface area contributed by atoms with Crippen molar-refractivity contribution in [2.24, 2.45) is 11.3 Å². The molecule has 4 nitrogen and oxygen atoms in total. The van der Waals surface area contributed by atoms with E-state index >= 15 is 0 Å². The summed E-state index contributed by atoms with van der Waals surface area (Å²) in [6.45, 7) is 4.21. The quantitative estimate of drug-likeness (QED) is 0.908. The highest BCUT2D eigenvalue weighted by Crippen LogP contribution is 2.46. The SMILES string of the molecule is O=C(Cc1cccs1)N1CCC2(CC1)CN(C1CCC1)CC2CO. The Morgan fingerprint density at radius 1 is 1.33 bits per heavy atom. The molecule has 1 spiro atoms. The minimum atomic E-state index is 0.240. The summed E-state index contributed by atoms with van der Waals surface area (Å²) in [7, 11) is 0. The zero-order chi connectivity index (χ0) is 16.6. The van der Waals surface area contributed by atoms with Gasteiger partial charge in [-0.1, -0.05) is 12.5 Å². The van der Waals surface area contributed by atoms with Gasteiger partial charge in [0.1, 0.15) is 0 Å². The Kier molecular flexibility index (Phi) is 4.67. The summed E-state index contributed by atoms with van der Waals surface area (Å²) < 4.78 is 0. The normalized spacial score (nSPS) is 27.5. The third-order valence-electron chi connectivity index (χ3n) is 6.67. The zero-order valence-electron chi connectivity index (χ0n) is 14.3. The Labute approximate surface area is 148 Å². The molecule has 24 heavy (non-hydrogen) atoms. The van der Waals surface area contributed by atoms with Crippen LogP contribution in [0.5, 0.6) is 0 Å². The van der Waals surface area contributed by atoms with E-state index in [1.807, 2.05) is 22.4 Å². The van der Waals surface area contributed by atoms with Crippen LogP contribution in [0.2, 0.25) is 0 Å². The van der Waals surface area contributed by atoms with E-state index < -0.39 is 0 Å². The molecule has 1 aliphatic carbocycles. The smallest absolute Gasteiger partial charge is 0.227 e. The summed E-state index contributed by atoms with van der Waals surface area (Å²) in [4.78, 5) is 18.4. The summed E-state index contributed by atoms with van der Waals surface area (Å²) in [5, 5.41) is 11.9. The summed E-state index contributed by atoms with van der Waals surface area (Å²) >= 11 is 1.66. The Hall–Kier alpha value is -0.910. The number of likely N-dealkylation sites (tertiary alicyclic amines) is 2. The predicted octanol–water partition coefficient (Wildman–Crippen LogP) is 2.38. The van der Waals surface area contributed by atoms with Gasteiger partial charge in [0, 0.05) is 49.6 Å². The number of rotatable bonds is 4. The number of aliphatic hydroxyl groups excluding tert-OH is 1. The molecule has 0 aromatic carbocycles. The van der Waals surface area contributed by atoms with Crippen LogP contribution in [0.3, 0.4) is 0 Å². The van der Waals surface area contributed by atoms with E-state index in [9.17, 15) is 9.90 Å². The maximum absolute atomic E-state index is 12.5. The molecule has 3 aliphatic rings. The lowest BCUT2D eigenvalue weighted by molar-refractivity contribution is -0.133. The molecule has 132 valence electrons. The van der Waals surface area contributed by atoms with Crippen LogP contribution in [-0.4, -0.2) is 59.6 Å². The van der Waals surface area contributed by atoms with Crippen LogP contribution in [0.15, 0.2) is 17.5 Å². The van der Waals surface area contributed by atoms with Crippen LogP contribution in [0.4, 0.5) is 0 Å². The first-order valence-corrected chi connectivity index (χ1v) is 10.2. The molecule has 0 radical (unpaired) electrons.